The highest BCUT2D eigenvalue weighted by molar-refractivity contribution is 6.32. The summed E-state index contributed by atoms with van der Waals surface area (Å²) in [5, 5.41) is 14.9. The van der Waals surface area contributed by atoms with Gasteiger partial charge in [-0.1, -0.05) is 36.2 Å². The highest BCUT2D eigenvalue weighted by Gasteiger charge is 2.32. The maximum absolute atomic E-state index is 12.7. The number of nitriles is 1. The van der Waals surface area contributed by atoms with Crippen molar-refractivity contribution in [1.29, 1.82) is 5.26 Å². The molecule has 0 spiro atoms. The van der Waals surface area contributed by atoms with Crippen molar-refractivity contribution in [2.45, 2.75) is 71.8 Å². The summed E-state index contributed by atoms with van der Waals surface area (Å²) in [6.07, 6.45) is 2.09. The van der Waals surface area contributed by atoms with E-state index in [2.05, 4.69) is 11.4 Å². The molecule has 1 aliphatic rings. The highest BCUT2D eigenvalue weighted by Crippen LogP contribution is 2.36. The number of carbonyl (C=O) groups is 1. The van der Waals surface area contributed by atoms with Crippen molar-refractivity contribution >= 4 is 45.9 Å². The highest BCUT2D eigenvalue weighted by atomic mass is 35.5. The Hall–Kier alpha value is -3.25. The van der Waals surface area contributed by atoms with Crippen LogP contribution in [0.2, 0.25) is 10.2 Å². The molecule has 0 aliphatic carbocycles. The molecule has 1 aromatic heterocycles. The summed E-state index contributed by atoms with van der Waals surface area (Å²) in [4.78, 5) is 19.2. The molecule has 3 aromatic rings. The van der Waals surface area contributed by atoms with Gasteiger partial charge in [-0.25, -0.2) is 9.78 Å². The van der Waals surface area contributed by atoms with Crippen LogP contribution in [0.5, 0.6) is 5.75 Å². The van der Waals surface area contributed by atoms with Crippen molar-refractivity contribution in [3.63, 3.8) is 0 Å². The van der Waals surface area contributed by atoms with Gasteiger partial charge in [0.25, 0.3) is 0 Å². The number of pyridine rings is 1. The number of methoxy groups -OCH3 is 1. The summed E-state index contributed by atoms with van der Waals surface area (Å²) >= 11 is 13.2. The van der Waals surface area contributed by atoms with Crippen LogP contribution in [0.15, 0.2) is 30.3 Å². The van der Waals surface area contributed by atoms with E-state index in [1.54, 1.807) is 12.0 Å². The van der Waals surface area contributed by atoms with Crippen LogP contribution in [-0.2, 0) is 29.0 Å². The van der Waals surface area contributed by atoms with E-state index in [1.807, 2.05) is 58.0 Å². The third-order valence-electron chi connectivity index (χ3n) is 6.98. The van der Waals surface area contributed by atoms with Gasteiger partial charge in [-0.3, -0.25) is 0 Å². The number of hydrogen-bond acceptors (Lipinski definition) is 7. The zero-order chi connectivity index (χ0) is 29.7. The molecule has 8 nitrogen and oxygen atoms in total. The number of fused-ring (bicyclic) bond motifs is 1. The van der Waals surface area contributed by atoms with Gasteiger partial charge < -0.3 is 24.4 Å². The van der Waals surface area contributed by atoms with Gasteiger partial charge in [-0.15, -0.1) is 0 Å². The summed E-state index contributed by atoms with van der Waals surface area (Å²) in [6, 6.07) is 11.4. The Bertz CT molecular complexity index is 1470. The number of nitrogens with one attached hydrogen (secondary N) is 1. The molecule has 0 unspecified atom stereocenters. The minimum absolute atomic E-state index is 0.0909. The SMILES string of the molecule is CCc1cc(C#N)cc2c(NCc3ccc(OC)c(Cl)c3)c(COC[C@@H]3CCCN3C(=O)OC(C)(C)C)c(Cl)nc12. The lowest BCUT2D eigenvalue weighted by Crippen LogP contribution is -2.41. The van der Waals surface area contributed by atoms with Crippen molar-refractivity contribution in [1.82, 2.24) is 9.88 Å². The van der Waals surface area contributed by atoms with Gasteiger partial charge in [0, 0.05) is 24.0 Å². The molecule has 10 heteroatoms. The first-order chi connectivity index (χ1) is 19.5. The number of rotatable bonds is 9. The third-order valence-corrected chi connectivity index (χ3v) is 7.58. The predicted molar refractivity (Wildman–Crippen MR) is 162 cm³/mol. The average Bonchev–Trinajstić information content (AvgIpc) is 3.40. The topological polar surface area (TPSA) is 96.7 Å². The maximum atomic E-state index is 12.7. The van der Waals surface area contributed by atoms with Crippen molar-refractivity contribution in [2.24, 2.45) is 0 Å². The molecule has 1 aliphatic heterocycles. The first-order valence-corrected chi connectivity index (χ1v) is 14.5. The molecule has 1 amide bonds. The molecular formula is C31H36Cl2N4O4. The largest absolute Gasteiger partial charge is 0.495 e. The second kappa shape index (κ2) is 13.2. The lowest BCUT2D eigenvalue weighted by atomic mass is 10.0. The number of halogens is 2. The fourth-order valence-corrected chi connectivity index (χ4v) is 5.51. The molecule has 218 valence electrons. The zero-order valence-corrected chi connectivity index (χ0v) is 25.7. The van der Waals surface area contributed by atoms with Crippen molar-refractivity contribution < 1.29 is 19.0 Å². The van der Waals surface area contributed by atoms with Crippen LogP contribution in [0.1, 0.15) is 62.8 Å². The van der Waals surface area contributed by atoms with Gasteiger partial charge in [-0.2, -0.15) is 5.26 Å². The second-order valence-electron chi connectivity index (χ2n) is 11.1. The molecule has 0 radical (unpaired) electrons. The lowest BCUT2D eigenvalue weighted by Gasteiger charge is -2.28. The molecule has 2 heterocycles. The number of nitrogens with zero attached hydrogens (tertiary/aromatic N) is 3. The summed E-state index contributed by atoms with van der Waals surface area (Å²) in [6.45, 7) is 9.18. The number of amides is 1. The van der Waals surface area contributed by atoms with Crippen LogP contribution in [0.25, 0.3) is 10.9 Å². The van der Waals surface area contributed by atoms with Gasteiger partial charge in [-0.05, 0) is 75.4 Å². The third kappa shape index (κ3) is 7.34. The molecule has 1 atom stereocenters. The predicted octanol–water partition coefficient (Wildman–Crippen LogP) is 7.51. The van der Waals surface area contributed by atoms with Crippen LogP contribution in [-0.4, -0.2) is 47.9 Å². The van der Waals surface area contributed by atoms with E-state index < -0.39 is 5.60 Å². The van der Waals surface area contributed by atoms with E-state index in [9.17, 15) is 10.1 Å². The maximum Gasteiger partial charge on any atom is 0.410 e. The van der Waals surface area contributed by atoms with Gasteiger partial charge in [0.1, 0.15) is 16.5 Å². The van der Waals surface area contributed by atoms with Crippen LogP contribution >= 0.6 is 23.2 Å². The van der Waals surface area contributed by atoms with E-state index in [-0.39, 0.29) is 18.7 Å². The number of aryl methyl sites for hydroxylation is 1. The average molecular weight is 600 g/mol. The van der Waals surface area contributed by atoms with Crippen LogP contribution in [0.4, 0.5) is 10.5 Å². The first kappa shape index (κ1) is 30.7. The monoisotopic (exact) mass is 598 g/mol. The molecule has 41 heavy (non-hydrogen) atoms. The molecule has 1 saturated heterocycles. The van der Waals surface area contributed by atoms with E-state index >= 15 is 0 Å². The summed E-state index contributed by atoms with van der Waals surface area (Å²) in [7, 11) is 1.58. The number of anilines is 1. The fraction of sp³-hybridized carbons (Fsp3) is 0.452. The number of benzene rings is 2. The summed E-state index contributed by atoms with van der Waals surface area (Å²) in [5.74, 6) is 0.598. The van der Waals surface area contributed by atoms with Crippen molar-refractivity contribution in [2.75, 3.05) is 25.6 Å². The standard InChI is InChI=1S/C31H36Cl2N4O4/c1-6-21-12-20(15-34)13-23-27(21)36-29(33)24(28(23)35-16-19-9-10-26(39-5)25(32)14-19)18-40-17-22-8-7-11-37(22)30(38)41-31(2,3)4/h9-10,12-14,22H,6-8,11,16-18H2,1-5H3,(H,35,36)/t22-/m0/s1. The molecule has 0 saturated carbocycles. The molecule has 0 bridgehead atoms. The van der Waals surface area contributed by atoms with Gasteiger partial charge in [0.05, 0.1) is 54.2 Å². The Morgan fingerprint density at radius 2 is 2.02 bits per heavy atom. The van der Waals surface area contributed by atoms with Gasteiger partial charge >= 0.3 is 6.09 Å². The molecule has 2 aromatic carbocycles. The Morgan fingerprint density at radius 1 is 1.24 bits per heavy atom. The number of hydrogen-bond donors (Lipinski definition) is 1. The van der Waals surface area contributed by atoms with Crippen molar-refractivity contribution in [3.05, 3.63) is 62.8 Å². The summed E-state index contributed by atoms with van der Waals surface area (Å²) < 4.78 is 17.1. The van der Waals surface area contributed by atoms with Crippen LogP contribution in [0, 0.1) is 11.3 Å². The van der Waals surface area contributed by atoms with E-state index in [1.165, 1.54) is 0 Å². The second-order valence-corrected chi connectivity index (χ2v) is 11.8. The summed E-state index contributed by atoms with van der Waals surface area (Å²) in [5.41, 5.74) is 4.01. The molecule has 1 N–H and O–H groups in total. The normalized spacial score (nSPS) is 15.2. The number of ether oxygens (including phenoxy) is 3. The smallest absolute Gasteiger partial charge is 0.410 e. The fourth-order valence-electron chi connectivity index (χ4n) is 4.99. The zero-order valence-electron chi connectivity index (χ0n) is 24.1. The molecule has 1 fully saturated rings. The number of likely N-dealkylation sites (tertiary alicyclic amines) is 1. The van der Waals surface area contributed by atoms with E-state index in [4.69, 9.17) is 42.4 Å². The Morgan fingerprint density at radius 3 is 2.68 bits per heavy atom. The minimum atomic E-state index is -0.566. The van der Waals surface area contributed by atoms with Crippen molar-refractivity contribution in [3.8, 4) is 11.8 Å². The number of carbonyl (C=O) groups excluding carboxylic acids is 1. The van der Waals surface area contributed by atoms with E-state index in [0.717, 1.165) is 40.6 Å². The van der Waals surface area contributed by atoms with Gasteiger partial charge in [0.15, 0.2) is 0 Å². The number of aromatic nitrogens is 1. The Balaban J connectivity index is 1.62. The van der Waals surface area contributed by atoms with Gasteiger partial charge in [0.2, 0.25) is 0 Å². The quantitative estimate of drug-likeness (QED) is 0.254. The first-order valence-electron chi connectivity index (χ1n) is 13.7. The van der Waals surface area contributed by atoms with Crippen LogP contribution in [0.3, 0.4) is 0 Å². The van der Waals surface area contributed by atoms with E-state index in [0.29, 0.717) is 53.2 Å². The minimum Gasteiger partial charge on any atom is -0.495 e. The van der Waals surface area contributed by atoms with Crippen LogP contribution < -0.4 is 10.1 Å². The Kier molecular flexibility index (Phi) is 9.85. The Labute approximate surface area is 251 Å². The lowest BCUT2D eigenvalue weighted by molar-refractivity contribution is 0.00885. The molecule has 4 rings (SSSR count). The molecular weight excluding hydrogens is 563 g/mol.